The molecule has 2 heterocycles. The third-order valence-electron chi connectivity index (χ3n) is 3.99. The van der Waals surface area contributed by atoms with Gasteiger partial charge in [0.2, 0.25) is 10.0 Å². The second-order valence-corrected chi connectivity index (χ2v) is 7.69. The summed E-state index contributed by atoms with van der Waals surface area (Å²) in [6.45, 7) is 0.799. The standard InChI is InChI=1S/C14H17N3O3S/c15-10-14(4-5-14)11-21(18,19)17-7-3-13(9-17)20-12-2-1-6-16-8-12/h1-2,6,8,13H,3-5,7,9,11H2/t13-/m1/s1. The Morgan fingerprint density at radius 3 is 2.95 bits per heavy atom. The summed E-state index contributed by atoms with van der Waals surface area (Å²) in [6.07, 6.45) is 5.16. The molecule has 3 rings (SSSR count). The summed E-state index contributed by atoms with van der Waals surface area (Å²) in [7, 11) is -3.38. The molecule has 0 N–H and O–H groups in total. The molecule has 0 bridgehead atoms. The van der Waals surface area contributed by atoms with Gasteiger partial charge in [0.05, 0.1) is 30.0 Å². The van der Waals surface area contributed by atoms with E-state index in [9.17, 15) is 8.42 Å². The third kappa shape index (κ3) is 3.17. The van der Waals surface area contributed by atoms with Crippen molar-refractivity contribution in [3.63, 3.8) is 0 Å². The second kappa shape index (κ2) is 5.28. The molecule has 1 saturated heterocycles. The Balaban J connectivity index is 1.60. The number of ether oxygens (including phenoxy) is 1. The van der Waals surface area contributed by atoms with E-state index >= 15 is 0 Å². The maximum atomic E-state index is 12.4. The van der Waals surface area contributed by atoms with Crippen molar-refractivity contribution in [1.82, 2.24) is 9.29 Å². The number of sulfonamides is 1. The van der Waals surface area contributed by atoms with Crippen LogP contribution in [0.3, 0.4) is 0 Å². The topological polar surface area (TPSA) is 83.3 Å². The van der Waals surface area contributed by atoms with Crippen LogP contribution in [0.4, 0.5) is 0 Å². The molecule has 0 amide bonds. The van der Waals surface area contributed by atoms with E-state index in [0.717, 1.165) is 0 Å². The molecule has 1 aromatic rings. The van der Waals surface area contributed by atoms with Gasteiger partial charge in [-0.05, 0) is 31.4 Å². The first-order valence-electron chi connectivity index (χ1n) is 6.99. The van der Waals surface area contributed by atoms with Crippen molar-refractivity contribution in [3.8, 4) is 11.8 Å². The number of hydrogen-bond acceptors (Lipinski definition) is 5. The molecule has 7 heteroatoms. The summed E-state index contributed by atoms with van der Waals surface area (Å²) in [5.74, 6) is 0.591. The van der Waals surface area contributed by atoms with Crippen LogP contribution in [-0.2, 0) is 10.0 Å². The lowest BCUT2D eigenvalue weighted by molar-refractivity contribution is 0.214. The van der Waals surface area contributed by atoms with Crippen LogP contribution < -0.4 is 4.74 Å². The van der Waals surface area contributed by atoms with E-state index in [1.165, 1.54) is 4.31 Å². The van der Waals surface area contributed by atoms with Gasteiger partial charge in [0.25, 0.3) is 0 Å². The molecule has 1 atom stereocenters. The monoisotopic (exact) mass is 307 g/mol. The predicted molar refractivity (Wildman–Crippen MR) is 75.9 cm³/mol. The second-order valence-electron chi connectivity index (χ2n) is 5.72. The normalized spacial score (nSPS) is 24.4. The van der Waals surface area contributed by atoms with Crippen molar-refractivity contribution in [2.45, 2.75) is 25.4 Å². The van der Waals surface area contributed by atoms with Crippen LogP contribution in [-0.4, -0.2) is 42.7 Å². The molecule has 1 aromatic heterocycles. The van der Waals surface area contributed by atoms with Gasteiger partial charge in [0.1, 0.15) is 11.9 Å². The number of hydrogen-bond donors (Lipinski definition) is 0. The van der Waals surface area contributed by atoms with E-state index in [4.69, 9.17) is 10.00 Å². The number of aromatic nitrogens is 1. The first kappa shape index (κ1) is 14.3. The number of pyridine rings is 1. The zero-order chi connectivity index (χ0) is 14.9. The Hall–Kier alpha value is -1.65. The maximum Gasteiger partial charge on any atom is 0.215 e. The molecule has 1 saturated carbocycles. The molecule has 0 radical (unpaired) electrons. The fraction of sp³-hybridized carbons (Fsp3) is 0.571. The van der Waals surface area contributed by atoms with Gasteiger partial charge < -0.3 is 4.74 Å². The lowest BCUT2D eigenvalue weighted by Gasteiger charge is -2.18. The summed E-state index contributed by atoms with van der Waals surface area (Å²) in [5.41, 5.74) is -0.638. The molecule has 1 aliphatic carbocycles. The largest absolute Gasteiger partial charge is 0.487 e. The van der Waals surface area contributed by atoms with Crippen molar-refractivity contribution in [2.75, 3.05) is 18.8 Å². The summed E-state index contributed by atoms with van der Waals surface area (Å²) in [4.78, 5) is 3.97. The van der Waals surface area contributed by atoms with Crippen LogP contribution in [0.2, 0.25) is 0 Å². The quantitative estimate of drug-likeness (QED) is 0.815. The number of rotatable bonds is 5. The zero-order valence-corrected chi connectivity index (χ0v) is 12.4. The minimum atomic E-state index is -3.38. The molecule has 6 nitrogen and oxygen atoms in total. The highest BCUT2D eigenvalue weighted by molar-refractivity contribution is 7.89. The maximum absolute atomic E-state index is 12.4. The van der Waals surface area contributed by atoms with Crippen LogP contribution in [0.25, 0.3) is 0 Å². The van der Waals surface area contributed by atoms with Crippen LogP contribution >= 0.6 is 0 Å². The summed E-state index contributed by atoms with van der Waals surface area (Å²) in [5, 5.41) is 9.04. The molecular weight excluding hydrogens is 290 g/mol. The first-order valence-corrected chi connectivity index (χ1v) is 8.60. The van der Waals surface area contributed by atoms with Crippen molar-refractivity contribution < 1.29 is 13.2 Å². The molecule has 1 aliphatic heterocycles. The number of nitrogens with zero attached hydrogens (tertiary/aromatic N) is 3. The van der Waals surface area contributed by atoms with Crippen LogP contribution in [0.5, 0.6) is 5.75 Å². The van der Waals surface area contributed by atoms with Crippen molar-refractivity contribution >= 4 is 10.0 Å². The highest BCUT2D eigenvalue weighted by Gasteiger charge is 2.49. The van der Waals surface area contributed by atoms with Crippen LogP contribution in [0.15, 0.2) is 24.5 Å². The van der Waals surface area contributed by atoms with Crippen molar-refractivity contribution in [1.29, 1.82) is 5.26 Å². The Labute approximate surface area is 124 Å². The molecule has 2 fully saturated rings. The molecule has 0 spiro atoms. The van der Waals surface area contributed by atoms with Gasteiger partial charge in [-0.1, -0.05) is 0 Å². The fourth-order valence-electron chi connectivity index (χ4n) is 2.54. The Morgan fingerprint density at radius 2 is 2.33 bits per heavy atom. The van der Waals surface area contributed by atoms with Gasteiger partial charge in [-0.3, -0.25) is 4.98 Å². The molecule has 0 unspecified atom stereocenters. The zero-order valence-electron chi connectivity index (χ0n) is 11.6. The van der Waals surface area contributed by atoms with Gasteiger partial charge in [-0.15, -0.1) is 0 Å². The van der Waals surface area contributed by atoms with Gasteiger partial charge >= 0.3 is 0 Å². The van der Waals surface area contributed by atoms with E-state index in [-0.39, 0.29) is 11.9 Å². The third-order valence-corrected chi connectivity index (χ3v) is 6.02. The molecular formula is C14H17N3O3S. The first-order chi connectivity index (χ1) is 10.0. The average Bonchev–Trinajstić information content (AvgIpc) is 3.06. The van der Waals surface area contributed by atoms with E-state index in [0.29, 0.717) is 38.1 Å². The van der Waals surface area contributed by atoms with E-state index in [1.807, 2.05) is 0 Å². The molecule has 0 aromatic carbocycles. The Kier molecular flexibility index (Phi) is 3.59. The highest BCUT2D eigenvalue weighted by atomic mass is 32.2. The Morgan fingerprint density at radius 1 is 1.52 bits per heavy atom. The fourth-order valence-corrected chi connectivity index (χ4v) is 4.55. The van der Waals surface area contributed by atoms with Crippen LogP contribution in [0.1, 0.15) is 19.3 Å². The lowest BCUT2D eigenvalue weighted by atomic mass is 10.2. The van der Waals surface area contributed by atoms with E-state index in [2.05, 4.69) is 11.1 Å². The van der Waals surface area contributed by atoms with Gasteiger partial charge in [0.15, 0.2) is 0 Å². The van der Waals surface area contributed by atoms with Gasteiger partial charge in [-0.2, -0.15) is 9.57 Å². The highest BCUT2D eigenvalue weighted by Crippen LogP contribution is 2.46. The van der Waals surface area contributed by atoms with Crippen molar-refractivity contribution in [2.24, 2.45) is 5.41 Å². The minimum Gasteiger partial charge on any atom is -0.487 e. The molecule has 112 valence electrons. The van der Waals surface area contributed by atoms with E-state index in [1.54, 1.807) is 24.5 Å². The van der Waals surface area contributed by atoms with Crippen molar-refractivity contribution in [3.05, 3.63) is 24.5 Å². The van der Waals surface area contributed by atoms with Gasteiger partial charge in [0, 0.05) is 12.7 Å². The van der Waals surface area contributed by atoms with E-state index < -0.39 is 15.4 Å². The average molecular weight is 307 g/mol. The number of nitriles is 1. The summed E-state index contributed by atoms with van der Waals surface area (Å²) in [6, 6.07) is 5.72. The predicted octanol–water partition coefficient (Wildman–Crippen LogP) is 1.17. The summed E-state index contributed by atoms with van der Waals surface area (Å²) < 4.78 is 31.9. The molecule has 21 heavy (non-hydrogen) atoms. The SMILES string of the molecule is N#CC1(CS(=O)(=O)N2CC[C@@H](Oc3cccnc3)C2)CC1. The van der Waals surface area contributed by atoms with Crippen LogP contribution in [0, 0.1) is 16.7 Å². The van der Waals surface area contributed by atoms with Gasteiger partial charge in [-0.25, -0.2) is 8.42 Å². The summed E-state index contributed by atoms with van der Waals surface area (Å²) >= 11 is 0. The molecule has 2 aliphatic rings. The Bertz CT molecular complexity index is 650. The lowest BCUT2D eigenvalue weighted by Crippen LogP contribution is -2.35. The smallest absolute Gasteiger partial charge is 0.215 e. The minimum absolute atomic E-state index is 0.0594.